The lowest BCUT2D eigenvalue weighted by Gasteiger charge is -2.36. The normalized spacial score (nSPS) is 29.4. The van der Waals surface area contributed by atoms with Crippen LogP contribution in [-0.2, 0) is 9.53 Å². The Balaban J connectivity index is 2.06. The lowest BCUT2D eigenvalue weighted by molar-refractivity contribution is -0.859. The van der Waals surface area contributed by atoms with Crippen molar-refractivity contribution in [3.05, 3.63) is 0 Å². The van der Waals surface area contributed by atoms with Crippen LogP contribution in [0.25, 0.3) is 0 Å². The third kappa shape index (κ3) is 4.47. The van der Waals surface area contributed by atoms with Crippen molar-refractivity contribution in [3.63, 3.8) is 0 Å². The number of carbonyl (C=O) groups excluding carboxylic acids is 1. The van der Waals surface area contributed by atoms with Crippen LogP contribution in [0, 0.1) is 11.3 Å². The number of carbonyl (C=O) groups is 1. The van der Waals surface area contributed by atoms with E-state index >= 15 is 0 Å². The molecule has 9 heteroatoms. The molecule has 5 N–H and O–H groups in total. The summed E-state index contributed by atoms with van der Waals surface area (Å²) in [4.78, 5) is 15.7. The standard InChI is InChI=1S/C16H32N7O2/c1-21(2)14(24)12-6-8-22(9-7-12)16(19)20-23(15(17)18)10-4-5-13(11-23)25-3/h12-13H,4-11H2,1-3H3,(H3,17,18)(H2,19,20)/q+2. The van der Waals surface area contributed by atoms with E-state index in [2.05, 4.69) is 5.10 Å². The molecule has 2 saturated heterocycles. The Morgan fingerprint density at radius 2 is 1.92 bits per heavy atom. The summed E-state index contributed by atoms with van der Waals surface area (Å²) < 4.78 is 5.45. The number of nitrogens with one attached hydrogen (secondary N) is 1. The Kier molecular flexibility index (Phi) is 6.36. The molecule has 1 amide bonds. The van der Waals surface area contributed by atoms with E-state index in [0.29, 0.717) is 32.1 Å². The Bertz CT molecular complexity index is 529. The first-order valence-corrected chi connectivity index (χ1v) is 8.85. The number of quaternary nitrogens is 1. The minimum absolute atomic E-state index is 0.000890. The molecule has 0 aliphatic carbocycles. The Hall–Kier alpha value is -1.71. The Morgan fingerprint density at radius 3 is 2.44 bits per heavy atom. The molecule has 2 atom stereocenters. The number of amides is 1. The number of methoxy groups -OCH3 is 1. The molecular formula is C16H32N7O2+2. The minimum atomic E-state index is -0.0117. The first-order chi connectivity index (χ1) is 11.8. The van der Waals surface area contributed by atoms with Gasteiger partial charge in [0.2, 0.25) is 5.91 Å². The predicted octanol–water partition coefficient (Wildman–Crippen LogP) is -0.627. The highest BCUT2D eigenvalue weighted by atomic mass is 16.5. The monoisotopic (exact) mass is 354 g/mol. The zero-order valence-corrected chi connectivity index (χ0v) is 15.6. The van der Waals surface area contributed by atoms with Crippen LogP contribution in [0.15, 0.2) is 5.10 Å². The highest BCUT2D eigenvalue weighted by Gasteiger charge is 2.43. The molecular weight excluding hydrogens is 322 g/mol. The number of nitrogens with zero attached hydrogens (tertiary/aromatic N) is 4. The van der Waals surface area contributed by atoms with Crippen molar-refractivity contribution in [1.82, 2.24) is 9.80 Å². The van der Waals surface area contributed by atoms with Crippen molar-refractivity contribution in [1.29, 1.82) is 5.41 Å². The van der Waals surface area contributed by atoms with Crippen LogP contribution in [0.1, 0.15) is 25.7 Å². The number of piperidine rings is 2. The molecule has 9 nitrogen and oxygen atoms in total. The summed E-state index contributed by atoms with van der Waals surface area (Å²) in [6.45, 7) is 2.56. The van der Waals surface area contributed by atoms with Crippen molar-refractivity contribution in [2.75, 3.05) is 47.4 Å². The van der Waals surface area contributed by atoms with Crippen LogP contribution >= 0.6 is 0 Å². The fraction of sp³-hybridized carbons (Fsp3) is 0.812. The first kappa shape index (κ1) is 19.6. The second-order valence-corrected chi connectivity index (χ2v) is 7.17. The van der Waals surface area contributed by atoms with Crippen molar-refractivity contribution in [2.24, 2.45) is 22.5 Å². The fourth-order valence-electron chi connectivity index (χ4n) is 3.64. The Morgan fingerprint density at radius 1 is 1.28 bits per heavy atom. The van der Waals surface area contributed by atoms with Gasteiger partial charge in [0.05, 0.1) is 0 Å². The average Bonchev–Trinajstić information content (AvgIpc) is 2.61. The number of rotatable bonds is 3. The van der Waals surface area contributed by atoms with Gasteiger partial charge in [-0.25, -0.2) is 5.41 Å². The summed E-state index contributed by atoms with van der Waals surface area (Å²) in [7, 11) is 5.24. The summed E-state index contributed by atoms with van der Waals surface area (Å²) >= 11 is 0. The summed E-state index contributed by atoms with van der Waals surface area (Å²) in [5.74, 6) is 0.592. The van der Waals surface area contributed by atoms with Gasteiger partial charge in [-0.15, -0.1) is 4.59 Å². The van der Waals surface area contributed by atoms with Crippen LogP contribution in [-0.4, -0.2) is 80.8 Å². The lowest BCUT2D eigenvalue weighted by atomic mass is 9.96. The van der Waals surface area contributed by atoms with E-state index in [1.54, 1.807) is 26.1 Å². The summed E-state index contributed by atoms with van der Waals surface area (Å²) in [6.07, 6.45) is 3.37. The zero-order valence-electron chi connectivity index (χ0n) is 15.6. The van der Waals surface area contributed by atoms with E-state index < -0.39 is 0 Å². The largest absolute Gasteiger partial charge is 0.396 e. The second kappa shape index (κ2) is 8.11. The van der Waals surface area contributed by atoms with Crippen molar-refractivity contribution in [2.45, 2.75) is 31.8 Å². The molecule has 0 aromatic heterocycles. The number of ether oxygens (including phenoxy) is 1. The lowest BCUT2D eigenvalue weighted by Crippen LogP contribution is -2.61. The molecule has 2 unspecified atom stereocenters. The molecule has 2 aliphatic rings. The molecule has 0 aromatic rings. The number of likely N-dealkylation sites (tertiary alicyclic amines) is 2. The van der Waals surface area contributed by atoms with Crippen LogP contribution in [0.3, 0.4) is 0 Å². The molecule has 2 aliphatic heterocycles. The molecule has 0 spiro atoms. The molecule has 141 valence electrons. The molecule has 2 fully saturated rings. The summed E-state index contributed by atoms with van der Waals surface area (Å²) in [5, 5.41) is 12.6. The molecule has 2 heterocycles. The maximum atomic E-state index is 12.1. The van der Waals surface area contributed by atoms with Gasteiger partial charge in [-0.1, -0.05) is 4.90 Å². The Labute approximate surface area is 149 Å². The van der Waals surface area contributed by atoms with E-state index in [1.807, 2.05) is 4.90 Å². The minimum Gasteiger partial charge on any atom is -0.375 e. The van der Waals surface area contributed by atoms with E-state index in [9.17, 15) is 4.79 Å². The molecule has 25 heavy (non-hydrogen) atoms. The number of nitrogens with two attached hydrogens (primary N) is 2. The van der Waals surface area contributed by atoms with Gasteiger partial charge >= 0.3 is 11.9 Å². The quantitative estimate of drug-likeness (QED) is 0.270. The highest BCUT2D eigenvalue weighted by Crippen LogP contribution is 2.22. The van der Waals surface area contributed by atoms with Gasteiger partial charge in [0.1, 0.15) is 32.3 Å². The van der Waals surface area contributed by atoms with Crippen LogP contribution in [0.2, 0.25) is 0 Å². The fourth-order valence-corrected chi connectivity index (χ4v) is 3.64. The average molecular weight is 354 g/mol. The summed E-state index contributed by atoms with van der Waals surface area (Å²) in [6, 6.07) is 0. The van der Waals surface area contributed by atoms with E-state index in [4.69, 9.17) is 21.6 Å². The molecule has 0 bridgehead atoms. The second-order valence-electron chi connectivity index (χ2n) is 7.17. The van der Waals surface area contributed by atoms with Gasteiger partial charge in [-0.05, 0) is 6.42 Å². The van der Waals surface area contributed by atoms with Gasteiger partial charge in [-0.3, -0.25) is 4.79 Å². The van der Waals surface area contributed by atoms with Gasteiger partial charge in [0.25, 0.3) is 0 Å². The maximum absolute atomic E-state index is 12.1. The van der Waals surface area contributed by atoms with Gasteiger partial charge in [0.15, 0.2) is 0 Å². The highest BCUT2D eigenvalue weighted by molar-refractivity contribution is 5.82. The molecule has 2 rings (SSSR count). The number of guanidine groups is 2. The smallest absolute Gasteiger partial charge is 0.375 e. The molecule has 0 aromatic carbocycles. The van der Waals surface area contributed by atoms with Crippen LogP contribution < -0.4 is 16.4 Å². The van der Waals surface area contributed by atoms with Gasteiger partial charge in [0, 0.05) is 51.5 Å². The third-order valence-electron chi connectivity index (χ3n) is 5.24. The third-order valence-corrected chi connectivity index (χ3v) is 5.24. The SMILES string of the molecule is COC1CCC[N+](N=C(N)[N+]2CCC(C(=O)N(C)C)CC2)(C(=N)N)C1. The van der Waals surface area contributed by atoms with Gasteiger partial charge < -0.3 is 21.1 Å². The van der Waals surface area contributed by atoms with E-state index in [-0.39, 0.29) is 28.5 Å². The number of hydrogen-bond donors (Lipinski definition) is 3. The molecule has 1 radical (unpaired) electrons. The topological polar surface area (TPSA) is 124 Å². The zero-order chi connectivity index (χ0) is 18.6. The predicted molar refractivity (Wildman–Crippen MR) is 96.8 cm³/mol. The van der Waals surface area contributed by atoms with Crippen molar-refractivity contribution < 1.29 is 14.1 Å². The number of hydrogen-bond acceptors (Lipinski definition) is 4. The summed E-state index contributed by atoms with van der Waals surface area (Å²) in [5.41, 5.74) is 12.1. The molecule has 0 saturated carbocycles. The van der Waals surface area contributed by atoms with Crippen molar-refractivity contribution >= 4 is 17.8 Å². The first-order valence-electron chi connectivity index (χ1n) is 8.85. The van der Waals surface area contributed by atoms with Crippen LogP contribution in [0.5, 0.6) is 0 Å². The van der Waals surface area contributed by atoms with E-state index in [0.717, 1.165) is 25.7 Å². The van der Waals surface area contributed by atoms with Crippen LogP contribution in [0.4, 0.5) is 0 Å². The van der Waals surface area contributed by atoms with Crippen molar-refractivity contribution in [3.8, 4) is 0 Å². The van der Waals surface area contributed by atoms with Gasteiger partial charge in [-0.2, -0.15) is 0 Å². The van der Waals surface area contributed by atoms with E-state index in [1.165, 1.54) is 0 Å². The maximum Gasteiger partial charge on any atom is 0.396 e.